The Morgan fingerprint density at radius 1 is 0.655 bits per heavy atom. The third-order valence-corrected chi connectivity index (χ3v) is 18.6. The van der Waals surface area contributed by atoms with Crippen LogP contribution in [-0.4, -0.2) is 215 Å². The maximum absolute atomic E-state index is 15.1. The summed E-state index contributed by atoms with van der Waals surface area (Å²) in [5.41, 5.74) is -2.24. The second-order valence-electron chi connectivity index (χ2n) is 25.2. The number of rotatable bonds is 8. The molecule has 1 spiro atoms. The Hall–Kier alpha value is -6.53. The highest BCUT2D eigenvalue weighted by atomic mass is 35.5. The number of carbonyl (C=O) groups is 11. The van der Waals surface area contributed by atoms with Crippen LogP contribution in [0.25, 0.3) is 0 Å². The van der Waals surface area contributed by atoms with Crippen LogP contribution in [0.4, 0.5) is 13.2 Å². The topological polar surface area (TPSA) is 259 Å². The first-order valence-corrected chi connectivity index (χ1v) is 31.0. The van der Waals surface area contributed by atoms with Gasteiger partial charge in [-0.25, -0.2) is 0 Å². The predicted molar refractivity (Wildman–Crippen MR) is 319 cm³/mol. The molecule has 2 aliphatic heterocycles. The number of nitrogens with zero attached hydrogens (tertiary/aromatic N) is 7. The van der Waals surface area contributed by atoms with Gasteiger partial charge in [-0.2, -0.15) is 13.2 Å². The summed E-state index contributed by atoms with van der Waals surface area (Å²) in [6, 6.07) is -5.89. The van der Waals surface area contributed by atoms with Crippen LogP contribution in [-0.2, 0) is 65.3 Å². The maximum Gasteiger partial charge on any atom is 0.417 e. The average Bonchev–Trinajstić information content (AvgIpc) is 2.11. The highest BCUT2D eigenvalue weighted by Gasteiger charge is 2.50. The molecule has 4 aliphatic rings. The van der Waals surface area contributed by atoms with Crippen LogP contribution >= 0.6 is 11.6 Å². The number of hydrogen-bond donors (Lipinski definition) is 4. The van der Waals surface area contributed by atoms with Gasteiger partial charge >= 0.3 is 6.18 Å². The van der Waals surface area contributed by atoms with Crippen LogP contribution in [0.3, 0.4) is 0 Å². The summed E-state index contributed by atoms with van der Waals surface area (Å²) >= 11 is 6.10. The lowest BCUT2D eigenvalue weighted by Crippen LogP contribution is -2.64. The third kappa shape index (κ3) is 17.6. The second-order valence-corrected chi connectivity index (χ2v) is 25.6. The molecule has 2 saturated carbocycles. The van der Waals surface area contributed by atoms with Crippen molar-refractivity contribution in [1.29, 1.82) is 0 Å². The molecule has 2 aliphatic carbocycles. The highest BCUT2D eigenvalue weighted by molar-refractivity contribution is 6.31. The number of fused-ring (bicyclic) bond motifs is 1. The molecule has 5 rings (SSSR count). The number of carbonyl (C=O) groups excluding carboxylic acids is 11. The second kappa shape index (κ2) is 30.6. The number of benzene rings is 1. The molecule has 4 N–H and O–H groups in total. The van der Waals surface area contributed by atoms with Gasteiger partial charge in [0.05, 0.1) is 23.7 Å². The van der Waals surface area contributed by atoms with Gasteiger partial charge < -0.3 is 55.6 Å². The minimum absolute atomic E-state index is 0.0578. The Kier molecular flexibility index (Phi) is 25.0. The normalized spacial score (nSPS) is 27.5. The lowest BCUT2D eigenvalue weighted by atomic mass is 9.90. The molecule has 9 atom stereocenters. The Morgan fingerprint density at radius 3 is 1.84 bits per heavy atom. The lowest BCUT2D eigenvalue weighted by molar-refractivity contribution is -0.150. The van der Waals surface area contributed by atoms with E-state index in [0.29, 0.717) is 44.1 Å². The minimum Gasteiger partial charge on any atom is -0.351 e. The van der Waals surface area contributed by atoms with E-state index in [-0.39, 0.29) is 63.3 Å². The van der Waals surface area contributed by atoms with E-state index in [1.54, 1.807) is 13.8 Å². The van der Waals surface area contributed by atoms with Gasteiger partial charge in [0.15, 0.2) is 0 Å². The first-order chi connectivity index (χ1) is 40.6. The van der Waals surface area contributed by atoms with Gasteiger partial charge in [0.25, 0.3) is 0 Å². The SMILES string of the molecule is CC[C@H](C)[C@@H]1NC(=O)[C@H](C)N(C)C(=O)C[C@@H](C)NC(=O)[C@H](C2CCCC2)N(C)C(=O)C2(CCCC2)NC(=O)C2CCCN2C(=O)[C@H](CCc2ccc(C(F)(F)F)c(Cl)c2)NC(=O)[C@@H](C)N(C)C(=O)[C@H](CC(C)C)N(C)C(=O)CN(C)C(=O)CN(C)C1=O. The van der Waals surface area contributed by atoms with E-state index in [4.69, 9.17) is 11.6 Å². The summed E-state index contributed by atoms with van der Waals surface area (Å²) < 4.78 is 41.2. The first-order valence-electron chi connectivity index (χ1n) is 30.6. The van der Waals surface area contributed by atoms with E-state index < -0.39 is 155 Å². The number of nitrogens with one attached hydrogen (secondary N) is 4. The number of alkyl halides is 3. The molecule has 0 aromatic heterocycles. The average molecular weight is 1250 g/mol. The van der Waals surface area contributed by atoms with Crippen molar-refractivity contribution in [3.63, 3.8) is 0 Å². The number of amides is 11. The molecule has 0 bridgehead atoms. The quantitative estimate of drug-likeness (QED) is 0.288. The van der Waals surface area contributed by atoms with Gasteiger partial charge in [-0.05, 0) is 114 Å². The van der Waals surface area contributed by atoms with Crippen LogP contribution in [0.2, 0.25) is 5.02 Å². The van der Waals surface area contributed by atoms with Crippen LogP contribution in [0.15, 0.2) is 18.2 Å². The Bertz CT molecular complexity index is 2710. The zero-order chi connectivity index (χ0) is 65.2. The number of hydrogen-bond acceptors (Lipinski definition) is 11. The molecule has 1 aromatic carbocycles. The lowest BCUT2D eigenvalue weighted by Gasteiger charge is -2.40. The first kappa shape index (κ1) is 71.2. The number of aryl methyl sites for hydroxylation is 1. The van der Waals surface area contributed by atoms with E-state index in [2.05, 4.69) is 21.3 Å². The van der Waals surface area contributed by atoms with Crippen LogP contribution < -0.4 is 21.3 Å². The van der Waals surface area contributed by atoms with E-state index in [0.717, 1.165) is 39.7 Å². The van der Waals surface area contributed by atoms with Crippen LogP contribution in [0.1, 0.15) is 149 Å². The zero-order valence-electron chi connectivity index (χ0n) is 52.9. The van der Waals surface area contributed by atoms with Gasteiger partial charge in [-0.1, -0.05) is 77.5 Å². The van der Waals surface area contributed by atoms with Crippen molar-refractivity contribution >= 4 is 76.6 Å². The summed E-state index contributed by atoms with van der Waals surface area (Å²) in [5, 5.41) is 10.9. The van der Waals surface area contributed by atoms with Crippen molar-refractivity contribution in [2.24, 2.45) is 17.8 Å². The fraction of sp³-hybridized carbons (Fsp3) is 0.721. The molecule has 0 radical (unpaired) electrons. The molecule has 4 fully saturated rings. The Morgan fingerprint density at radius 2 is 1.25 bits per heavy atom. The van der Waals surface area contributed by atoms with Crippen molar-refractivity contribution < 1.29 is 65.9 Å². The van der Waals surface area contributed by atoms with Gasteiger partial charge in [-0.15, -0.1) is 0 Å². The molecule has 26 heteroatoms. The summed E-state index contributed by atoms with van der Waals surface area (Å²) in [7, 11) is 8.43. The summed E-state index contributed by atoms with van der Waals surface area (Å²) in [4.78, 5) is 167. The molecular weight excluding hydrogens is 1160 g/mol. The fourth-order valence-electron chi connectivity index (χ4n) is 12.3. The van der Waals surface area contributed by atoms with E-state index in [1.165, 1.54) is 81.8 Å². The highest BCUT2D eigenvalue weighted by Crippen LogP contribution is 2.38. The van der Waals surface area contributed by atoms with Crippen LogP contribution in [0.5, 0.6) is 0 Å². The predicted octanol–water partition coefficient (Wildman–Crippen LogP) is 4.14. The monoisotopic (exact) mass is 1250 g/mol. The third-order valence-electron chi connectivity index (χ3n) is 18.3. The molecule has 1 unspecified atom stereocenters. The minimum atomic E-state index is -4.75. The summed E-state index contributed by atoms with van der Waals surface area (Å²) in [5.74, 6) is -7.77. The molecule has 22 nitrogen and oxygen atoms in total. The zero-order valence-corrected chi connectivity index (χ0v) is 53.7. The molecular formula is C61H93ClF3N11O11. The smallest absolute Gasteiger partial charge is 0.351 e. The number of likely N-dealkylation sites (N-methyl/N-ethyl adjacent to an activating group) is 6. The van der Waals surface area contributed by atoms with E-state index in [9.17, 15) is 56.3 Å². The van der Waals surface area contributed by atoms with Gasteiger partial charge in [0.2, 0.25) is 65.0 Å². The van der Waals surface area contributed by atoms with Crippen LogP contribution in [0, 0.1) is 17.8 Å². The van der Waals surface area contributed by atoms with Crippen molar-refractivity contribution in [3.05, 3.63) is 34.3 Å². The Labute approximate surface area is 515 Å². The van der Waals surface area contributed by atoms with Crippen molar-refractivity contribution in [3.8, 4) is 0 Å². The van der Waals surface area contributed by atoms with E-state index >= 15 is 9.59 Å². The van der Waals surface area contributed by atoms with Gasteiger partial charge in [0, 0.05) is 61.3 Å². The Balaban J connectivity index is 1.54. The van der Waals surface area contributed by atoms with Gasteiger partial charge in [0.1, 0.15) is 47.8 Å². The largest absolute Gasteiger partial charge is 0.417 e. The molecule has 2 saturated heterocycles. The molecule has 2 heterocycles. The summed E-state index contributed by atoms with van der Waals surface area (Å²) in [6.45, 7) is 10.8. The van der Waals surface area contributed by atoms with Crippen molar-refractivity contribution in [2.75, 3.05) is 61.9 Å². The van der Waals surface area contributed by atoms with E-state index in [1.807, 2.05) is 20.8 Å². The maximum atomic E-state index is 15.1. The summed E-state index contributed by atoms with van der Waals surface area (Å²) in [6.07, 6.45) is 0.280. The molecule has 11 amide bonds. The fourth-order valence-corrected chi connectivity index (χ4v) is 12.6. The van der Waals surface area contributed by atoms with Crippen molar-refractivity contribution in [2.45, 2.75) is 205 Å². The standard InChI is InChI=1S/C61H93ClF3N11O11/c1-14-36(4)50-58(86)71(9)33-48(78)70(8)34-49(79)74(12)46(30-35(2)3)57(85)73(11)39(7)52(80)67-44(26-24-40-23-25-42(43(62)32-40)61(63,64)65)56(84)76-29-19-22-45(76)54(82)69-60(27-17-18-28-60)59(87)75(13)51(41-20-15-16-21-41)55(83)66-37(5)31-47(77)72(10)38(6)53(81)68-50/h23,25,32,35-39,41,44-46,50-51H,14-22,24,26-31,33-34H2,1-13H3,(H,66,83)(H,67,80)(H,68,81)(H,69,82)/t36-,37+,38-,39+,44-,45?,46-,50-,51-/m0/s1. The van der Waals surface area contributed by atoms with Crippen molar-refractivity contribution in [1.82, 2.24) is 55.6 Å². The molecule has 87 heavy (non-hydrogen) atoms. The molecule has 1 aromatic rings. The molecule has 486 valence electrons. The van der Waals surface area contributed by atoms with Gasteiger partial charge in [-0.3, -0.25) is 52.7 Å². The number of halogens is 4.